The molecule has 3 fully saturated rings. The Morgan fingerprint density at radius 3 is 2.33 bits per heavy atom. The Labute approximate surface area is 229 Å². The van der Waals surface area contributed by atoms with Gasteiger partial charge in [0.2, 0.25) is 0 Å². The smallest absolute Gasteiger partial charge is 0.336 e. The van der Waals surface area contributed by atoms with Crippen LogP contribution in [-0.2, 0) is 0 Å². The molecule has 0 atom stereocenters. The number of carbonyl (C=O) groups excluding carboxylic acids is 1. The lowest BCUT2D eigenvalue weighted by molar-refractivity contribution is -0.582. The summed E-state index contributed by atoms with van der Waals surface area (Å²) in [5, 5.41) is 24.9. The zero-order valence-corrected chi connectivity index (χ0v) is 23.0. The highest BCUT2D eigenvalue weighted by Gasteiger charge is 2.48. The molecule has 3 saturated heterocycles. The molecule has 4 aliphatic heterocycles. The van der Waals surface area contributed by atoms with Crippen LogP contribution in [0, 0.1) is 0 Å². The molecule has 0 aromatic heterocycles. The molecule has 7 heteroatoms. The minimum absolute atomic E-state index is 0.00445. The zero-order chi connectivity index (χ0) is 26.7. The summed E-state index contributed by atoms with van der Waals surface area (Å²) in [5.74, 6) is -2.36. The third kappa shape index (κ3) is 3.78. The summed E-state index contributed by atoms with van der Waals surface area (Å²) in [7, 11) is -2.15. The molecule has 0 radical (unpaired) electrons. The highest BCUT2D eigenvalue weighted by Crippen LogP contribution is 2.48. The van der Waals surface area contributed by atoms with Crippen molar-refractivity contribution >= 4 is 42.2 Å². The summed E-state index contributed by atoms with van der Waals surface area (Å²) in [4.78, 5) is 26.8. The predicted octanol–water partition coefficient (Wildman–Crippen LogP) is 3.51. The van der Waals surface area contributed by atoms with Crippen LogP contribution >= 0.6 is 0 Å². The van der Waals surface area contributed by atoms with Crippen LogP contribution in [0.5, 0.6) is 0 Å². The van der Waals surface area contributed by atoms with E-state index in [4.69, 9.17) is 0 Å². The van der Waals surface area contributed by atoms with Crippen molar-refractivity contribution in [3.05, 3.63) is 87.6 Å². The predicted molar refractivity (Wildman–Crippen MR) is 153 cm³/mol. The van der Waals surface area contributed by atoms with Gasteiger partial charge in [0.1, 0.15) is 21.2 Å². The fraction of sp³-hybridized carbons (Fsp3) is 0.344. The van der Waals surface area contributed by atoms with Crippen LogP contribution in [0.4, 0.5) is 5.69 Å². The van der Waals surface area contributed by atoms with Gasteiger partial charge in [-0.05, 0) is 87.1 Å². The second kappa shape index (κ2) is 9.19. The first kappa shape index (κ1) is 24.3. The normalized spacial score (nSPS) is 21.1. The van der Waals surface area contributed by atoms with E-state index < -0.39 is 20.0 Å². The first-order valence-corrected chi connectivity index (χ1v) is 16.6. The molecule has 5 aliphatic rings. The monoisotopic (exact) mass is 536 g/mol. The number of rotatable bonds is 4. The summed E-state index contributed by atoms with van der Waals surface area (Å²) < 4.78 is 2.43. The van der Waals surface area contributed by atoms with E-state index in [0.29, 0.717) is 5.56 Å². The van der Waals surface area contributed by atoms with Gasteiger partial charge >= 0.3 is 5.97 Å². The molecule has 39 heavy (non-hydrogen) atoms. The van der Waals surface area contributed by atoms with Gasteiger partial charge in [-0.15, -0.1) is 0 Å². The van der Waals surface area contributed by atoms with Gasteiger partial charge in [0.05, 0.1) is 18.0 Å². The largest absolute Gasteiger partial charge is 0.545 e. The number of fused-ring (bicyclic) bond motifs is 4. The zero-order valence-electron chi connectivity index (χ0n) is 22.0. The van der Waals surface area contributed by atoms with Crippen LogP contribution in [0.25, 0.3) is 5.57 Å². The van der Waals surface area contributed by atoms with Crippen molar-refractivity contribution in [1.29, 1.82) is 0 Å². The maximum atomic E-state index is 12.5. The molecule has 1 N–H and O–H groups in total. The number of nitrogens with zero attached hydrogens (tertiary/aromatic N) is 2. The van der Waals surface area contributed by atoms with Gasteiger partial charge < -0.3 is 19.9 Å². The number of anilines is 1. The fourth-order valence-corrected chi connectivity index (χ4v) is 12.8. The van der Waals surface area contributed by atoms with Crippen LogP contribution in [0.15, 0.2) is 65.4 Å². The number of allylic oxidation sites excluding steroid dienone is 5. The van der Waals surface area contributed by atoms with Crippen molar-refractivity contribution in [1.82, 2.24) is 0 Å². The van der Waals surface area contributed by atoms with Gasteiger partial charge in [0.25, 0.3) is 0 Å². The molecular weight excluding hydrogens is 504 g/mol. The standard InChI is InChI=1S/C32H32N2O4Si/c35-31(36)21-6-9-24(32(37)38)27(18-21)30-25-10-7-22(33-12-4-13-33)19-28(25)39(16-2-1-3-17-39)29-20-23(8-11-26(29)30)34-14-5-15-34/h6-11,18-20H,1-5,12-17H2,(H-,35,36,37,38). The van der Waals surface area contributed by atoms with E-state index in [1.807, 2.05) is 0 Å². The second-order valence-electron chi connectivity index (χ2n) is 11.5. The van der Waals surface area contributed by atoms with E-state index in [1.54, 1.807) is 0 Å². The summed E-state index contributed by atoms with van der Waals surface area (Å²) >= 11 is 0. The van der Waals surface area contributed by atoms with E-state index >= 15 is 0 Å². The highest BCUT2D eigenvalue weighted by atomic mass is 28.3. The Kier molecular flexibility index (Phi) is 5.74. The summed E-state index contributed by atoms with van der Waals surface area (Å²) in [6.07, 6.45) is 12.9. The van der Waals surface area contributed by atoms with Crippen LogP contribution in [-0.4, -0.2) is 61.6 Å². The molecule has 4 heterocycles. The minimum atomic E-state index is -2.15. The summed E-state index contributed by atoms with van der Waals surface area (Å²) in [6, 6.07) is 13.4. The van der Waals surface area contributed by atoms with Gasteiger partial charge in [-0.3, -0.25) is 0 Å². The highest BCUT2D eigenvalue weighted by molar-refractivity contribution is 7.00. The molecule has 1 aliphatic carbocycles. The van der Waals surface area contributed by atoms with Crippen LogP contribution < -0.4 is 15.2 Å². The summed E-state index contributed by atoms with van der Waals surface area (Å²) in [6.45, 7) is 4.26. The number of carboxylic acid groups (broad SMARTS) is 2. The van der Waals surface area contributed by atoms with Crippen molar-refractivity contribution in [2.24, 2.45) is 0 Å². The first-order valence-electron chi connectivity index (χ1n) is 14.2. The van der Waals surface area contributed by atoms with E-state index in [1.165, 1.54) is 84.2 Å². The molecule has 2 aromatic carbocycles. The Morgan fingerprint density at radius 1 is 0.897 bits per heavy atom. The number of hydrogen-bond donors (Lipinski definition) is 1. The van der Waals surface area contributed by atoms with Gasteiger partial charge in [-0.2, -0.15) is 0 Å². The van der Waals surface area contributed by atoms with Crippen LogP contribution in [0.3, 0.4) is 0 Å². The van der Waals surface area contributed by atoms with E-state index in [2.05, 4.69) is 45.9 Å². The van der Waals surface area contributed by atoms with Crippen LogP contribution in [0.1, 0.15) is 63.9 Å². The lowest BCUT2D eigenvalue weighted by atomic mass is 9.86. The molecule has 0 saturated carbocycles. The fourth-order valence-electron chi connectivity index (χ4n) is 7.17. The number of carboxylic acids is 2. The molecule has 7 rings (SSSR count). The van der Waals surface area contributed by atoms with E-state index in [0.717, 1.165) is 42.9 Å². The van der Waals surface area contributed by atoms with Crippen molar-refractivity contribution in [2.45, 2.75) is 44.2 Å². The Bertz CT molecular complexity index is 1550. The molecule has 0 amide bonds. The lowest BCUT2D eigenvalue weighted by Gasteiger charge is -2.45. The van der Waals surface area contributed by atoms with Crippen molar-refractivity contribution in [2.75, 3.05) is 31.1 Å². The SMILES string of the molecule is O=C([O-])c1ccc(C(=O)O)c(C2=C3C=CC(=[N+]4CCC4)C=C3[Si]3(CCCCC3)c3cc(N4CCC4)ccc32)c1. The quantitative estimate of drug-likeness (QED) is 0.478. The van der Waals surface area contributed by atoms with Gasteiger partial charge in [0.15, 0.2) is 5.71 Å². The number of aromatic carboxylic acids is 2. The third-order valence-electron chi connectivity index (χ3n) is 9.48. The average molecular weight is 537 g/mol. The van der Waals surface area contributed by atoms with Gasteiger partial charge in [-0.1, -0.05) is 31.4 Å². The molecule has 6 nitrogen and oxygen atoms in total. The van der Waals surface area contributed by atoms with Crippen LogP contribution in [0.2, 0.25) is 12.1 Å². The Hall–Kier alpha value is -3.71. The average Bonchev–Trinajstić information content (AvgIpc) is 2.88. The Balaban J connectivity index is 1.55. The number of benzene rings is 2. The third-order valence-corrected chi connectivity index (χ3v) is 14.8. The number of carbonyl (C=O) groups is 2. The maximum Gasteiger partial charge on any atom is 0.336 e. The van der Waals surface area contributed by atoms with Gasteiger partial charge in [-0.25, -0.2) is 9.37 Å². The summed E-state index contributed by atoms with van der Waals surface area (Å²) in [5.41, 5.74) is 6.07. The van der Waals surface area contributed by atoms with Crippen molar-refractivity contribution in [3.8, 4) is 0 Å². The molecular formula is C32H32N2O4Si. The topological polar surface area (TPSA) is 83.7 Å². The lowest BCUT2D eigenvalue weighted by Crippen LogP contribution is -2.56. The first-order chi connectivity index (χ1) is 19.0. The maximum absolute atomic E-state index is 12.5. The van der Waals surface area contributed by atoms with Crippen molar-refractivity contribution < 1.29 is 24.4 Å². The Morgan fingerprint density at radius 2 is 1.69 bits per heavy atom. The van der Waals surface area contributed by atoms with E-state index in [9.17, 15) is 19.8 Å². The molecule has 0 unspecified atom stereocenters. The molecule has 1 spiro atoms. The molecule has 2 aromatic rings. The van der Waals surface area contributed by atoms with Gasteiger partial charge in [0, 0.05) is 30.9 Å². The van der Waals surface area contributed by atoms with E-state index in [-0.39, 0.29) is 11.1 Å². The van der Waals surface area contributed by atoms with Crippen molar-refractivity contribution in [3.63, 3.8) is 0 Å². The second-order valence-corrected chi connectivity index (χ2v) is 15.8. The minimum Gasteiger partial charge on any atom is -0.545 e. The number of hydrogen-bond acceptors (Lipinski definition) is 4. The molecule has 198 valence electrons. The molecule has 0 bridgehead atoms.